The number of hydrogen-bond donors (Lipinski definition) is 4. The number of amides is 1. The molecule has 0 aromatic carbocycles. The molecule has 1 amide bonds. The lowest BCUT2D eigenvalue weighted by Gasteiger charge is -2.11. The number of carboxylic acids is 2. The van der Waals surface area contributed by atoms with Crippen LogP contribution in [0.1, 0.15) is 110 Å². The summed E-state index contributed by atoms with van der Waals surface area (Å²) < 4.78 is 31.7. The molecule has 10 heteroatoms. The average molecular weight is 502 g/mol. The second kappa shape index (κ2) is 22.3. The third-order valence-electron chi connectivity index (χ3n) is 5.07. The van der Waals surface area contributed by atoms with Gasteiger partial charge in [-0.25, -0.2) is 9.59 Å². The lowest BCUT2D eigenvalue weighted by molar-refractivity contribution is -0.192. The van der Waals surface area contributed by atoms with Gasteiger partial charge in [-0.05, 0) is 6.42 Å². The zero-order valence-corrected chi connectivity index (χ0v) is 20.7. The minimum Gasteiger partial charge on any atom is -0.480 e. The number of carbonyl (C=O) groups is 3. The topological polar surface area (TPSA) is 104 Å². The van der Waals surface area contributed by atoms with E-state index in [-0.39, 0.29) is 11.7 Å². The van der Waals surface area contributed by atoms with Gasteiger partial charge >= 0.3 is 18.1 Å². The first-order valence-corrected chi connectivity index (χ1v) is 12.6. The standard InChI is InChI=1S/C21H41NO3S.C2HF3O2/c1-2-3-4-5-6-7-8-9-10-11-12-13-14-15-16-17-20(23)22-19(18-26)21(24)25;3-2(4,5)1(6)7/h19,26H,2-18H2,1H3,(H,22,23)(H,24,25);(H,6,7)/t19-;/m0./s1. The smallest absolute Gasteiger partial charge is 0.480 e. The van der Waals surface area contributed by atoms with Crippen LogP contribution in [0.15, 0.2) is 0 Å². The number of alkyl halides is 3. The molecule has 6 nitrogen and oxygen atoms in total. The van der Waals surface area contributed by atoms with Crippen molar-refractivity contribution in [3.8, 4) is 0 Å². The number of hydrogen-bond acceptors (Lipinski definition) is 4. The summed E-state index contributed by atoms with van der Waals surface area (Å²) in [6, 6.07) is -0.873. The number of carboxylic acid groups (broad SMARTS) is 2. The van der Waals surface area contributed by atoms with E-state index < -0.39 is 24.2 Å². The average Bonchev–Trinajstić information content (AvgIpc) is 2.74. The van der Waals surface area contributed by atoms with E-state index in [9.17, 15) is 22.8 Å². The highest BCUT2D eigenvalue weighted by Crippen LogP contribution is 2.14. The Morgan fingerprint density at radius 3 is 1.36 bits per heavy atom. The third-order valence-corrected chi connectivity index (χ3v) is 5.43. The van der Waals surface area contributed by atoms with Gasteiger partial charge in [0.15, 0.2) is 0 Å². The van der Waals surface area contributed by atoms with Crippen molar-refractivity contribution in [2.45, 2.75) is 122 Å². The maximum Gasteiger partial charge on any atom is 0.490 e. The molecule has 0 aliphatic rings. The van der Waals surface area contributed by atoms with Gasteiger partial charge in [-0.2, -0.15) is 25.8 Å². The number of carbonyl (C=O) groups excluding carboxylic acids is 1. The van der Waals surface area contributed by atoms with Gasteiger partial charge < -0.3 is 15.5 Å². The highest BCUT2D eigenvalue weighted by atomic mass is 32.1. The Balaban J connectivity index is 0. The van der Waals surface area contributed by atoms with E-state index in [1.54, 1.807) is 0 Å². The molecule has 196 valence electrons. The molecule has 1 atom stereocenters. The predicted molar refractivity (Wildman–Crippen MR) is 127 cm³/mol. The van der Waals surface area contributed by atoms with Gasteiger partial charge in [-0.15, -0.1) is 0 Å². The molecule has 0 aromatic rings. The van der Waals surface area contributed by atoms with Crippen molar-refractivity contribution in [1.29, 1.82) is 0 Å². The van der Waals surface area contributed by atoms with Gasteiger partial charge in [0, 0.05) is 12.2 Å². The Bertz CT molecular complexity index is 519. The van der Waals surface area contributed by atoms with Crippen LogP contribution in [0.3, 0.4) is 0 Å². The molecule has 0 spiro atoms. The highest BCUT2D eigenvalue weighted by Gasteiger charge is 2.38. The van der Waals surface area contributed by atoms with Crippen LogP contribution in [-0.2, 0) is 14.4 Å². The van der Waals surface area contributed by atoms with Crippen LogP contribution in [-0.4, -0.2) is 46.0 Å². The summed E-state index contributed by atoms with van der Waals surface area (Å²) in [5.41, 5.74) is 0. The lowest BCUT2D eigenvalue weighted by atomic mass is 10.0. The number of nitrogens with one attached hydrogen (secondary N) is 1. The number of unbranched alkanes of at least 4 members (excludes halogenated alkanes) is 14. The quantitative estimate of drug-likeness (QED) is 0.121. The van der Waals surface area contributed by atoms with Crippen molar-refractivity contribution < 1.29 is 37.8 Å². The first kappa shape index (κ1) is 33.7. The van der Waals surface area contributed by atoms with Gasteiger partial charge in [0.1, 0.15) is 6.04 Å². The summed E-state index contributed by atoms with van der Waals surface area (Å²) >= 11 is 3.93. The lowest BCUT2D eigenvalue weighted by Crippen LogP contribution is -2.42. The summed E-state index contributed by atoms with van der Waals surface area (Å²) in [6.45, 7) is 2.26. The van der Waals surface area contributed by atoms with E-state index in [1.165, 1.54) is 83.5 Å². The second-order valence-electron chi connectivity index (χ2n) is 8.14. The van der Waals surface area contributed by atoms with Gasteiger partial charge in [-0.1, -0.05) is 96.8 Å². The van der Waals surface area contributed by atoms with Crippen molar-refractivity contribution in [3.63, 3.8) is 0 Å². The van der Waals surface area contributed by atoms with Crippen molar-refractivity contribution in [2.24, 2.45) is 0 Å². The number of aliphatic carboxylic acids is 2. The van der Waals surface area contributed by atoms with Crippen LogP contribution in [0.4, 0.5) is 13.2 Å². The van der Waals surface area contributed by atoms with Crippen molar-refractivity contribution in [2.75, 3.05) is 5.75 Å². The Kier molecular flexibility index (Phi) is 22.8. The second-order valence-corrected chi connectivity index (χ2v) is 8.51. The number of rotatable bonds is 19. The molecule has 0 unspecified atom stereocenters. The molecule has 0 aliphatic carbocycles. The Morgan fingerprint density at radius 2 is 1.09 bits per heavy atom. The van der Waals surface area contributed by atoms with E-state index in [0.29, 0.717) is 6.42 Å². The molecule has 0 fully saturated rings. The molecular weight excluding hydrogens is 459 g/mol. The maximum atomic E-state index is 11.6. The molecule has 3 N–H and O–H groups in total. The van der Waals surface area contributed by atoms with E-state index in [0.717, 1.165) is 12.8 Å². The molecule has 0 saturated heterocycles. The summed E-state index contributed by atoms with van der Waals surface area (Å²) in [7, 11) is 0. The fourth-order valence-corrected chi connectivity index (χ4v) is 3.36. The monoisotopic (exact) mass is 501 g/mol. The van der Waals surface area contributed by atoms with Crippen LogP contribution >= 0.6 is 12.6 Å². The molecule has 0 radical (unpaired) electrons. The maximum absolute atomic E-state index is 11.6. The predicted octanol–water partition coefficient (Wildman–Crippen LogP) is 6.38. The van der Waals surface area contributed by atoms with Crippen LogP contribution in [0.5, 0.6) is 0 Å². The van der Waals surface area contributed by atoms with Crippen molar-refractivity contribution in [1.82, 2.24) is 5.32 Å². The SMILES string of the molecule is CCCCCCCCCCCCCCCCCC(=O)N[C@@H](CS)C(=O)O.O=C(O)C(F)(F)F. The van der Waals surface area contributed by atoms with E-state index in [1.807, 2.05) is 0 Å². The van der Waals surface area contributed by atoms with Crippen LogP contribution in [0.25, 0.3) is 0 Å². The van der Waals surface area contributed by atoms with Gasteiger partial charge in [0.05, 0.1) is 0 Å². The Hall–Kier alpha value is -1.45. The van der Waals surface area contributed by atoms with Gasteiger partial charge in [0.2, 0.25) is 5.91 Å². The first-order chi connectivity index (χ1) is 15.6. The molecule has 33 heavy (non-hydrogen) atoms. The van der Waals surface area contributed by atoms with Crippen LogP contribution < -0.4 is 5.32 Å². The summed E-state index contributed by atoms with van der Waals surface area (Å²) in [5, 5.41) is 18.5. The number of halogens is 3. The molecule has 0 rings (SSSR count). The zero-order chi connectivity index (χ0) is 25.5. The van der Waals surface area contributed by atoms with Crippen molar-refractivity contribution in [3.05, 3.63) is 0 Å². The molecule has 0 aliphatic heterocycles. The van der Waals surface area contributed by atoms with Crippen LogP contribution in [0, 0.1) is 0 Å². The van der Waals surface area contributed by atoms with Crippen LogP contribution in [0.2, 0.25) is 0 Å². The fourth-order valence-electron chi connectivity index (χ4n) is 3.11. The Labute approximate surface area is 201 Å². The third kappa shape index (κ3) is 25.0. The normalized spacial score (nSPS) is 11.9. The summed E-state index contributed by atoms with van der Waals surface area (Å²) in [4.78, 5) is 31.4. The molecule has 0 aromatic heterocycles. The largest absolute Gasteiger partial charge is 0.490 e. The highest BCUT2D eigenvalue weighted by molar-refractivity contribution is 7.80. The van der Waals surface area contributed by atoms with Gasteiger partial charge in [-0.3, -0.25) is 4.79 Å². The molecule has 0 saturated carbocycles. The van der Waals surface area contributed by atoms with E-state index >= 15 is 0 Å². The van der Waals surface area contributed by atoms with Crippen molar-refractivity contribution >= 4 is 30.5 Å². The Morgan fingerprint density at radius 1 is 0.758 bits per heavy atom. The molecule has 0 bridgehead atoms. The minimum absolute atomic E-state index is 0.125. The fraction of sp³-hybridized carbons (Fsp3) is 0.870. The summed E-state index contributed by atoms with van der Waals surface area (Å²) in [5.74, 6) is -3.83. The van der Waals surface area contributed by atoms with E-state index in [2.05, 4.69) is 24.9 Å². The summed E-state index contributed by atoms with van der Waals surface area (Å²) in [6.07, 6.45) is 14.7. The number of thiol groups is 1. The minimum atomic E-state index is -5.08. The molecule has 0 heterocycles. The van der Waals surface area contributed by atoms with Gasteiger partial charge in [0.25, 0.3) is 0 Å². The molecular formula is C23H42F3NO5S. The van der Waals surface area contributed by atoms with E-state index in [4.69, 9.17) is 15.0 Å². The first-order valence-electron chi connectivity index (χ1n) is 12.0. The zero-order valence-electron chi connectivity index (χ0n) is 19.8.